The second kappa shape index (κ2) is 6.88. The van der Waals surface area contributed by atoms with Crippen molar-refractivity contribution in [3.05, 3.63) is 17.0 Å². The highest BCUT2D eigenvalue weighted by atomic mass is 35.5. The number of ether oxygens (including phenoxy) is 1. The molecule has 1 aliphatic rings. The van der Waals surface area contributed by atoms with Crippen LogP contribution >= 0.6 is 11.6 Å². The highest BCUT2D eigenvalue weighted by Gasteiger charge is 2.27. The molecule has 0 spiro atoms. The molecule has 0 atom stereocenters. The van der Waals surface area contributed by atoms with Gasteiger partial charge in [0.05, 0.1) is 18.7 Å². The number of carbonyl (C=O) groups excluding carboxylic acids is 1. The quantitative estimate of drug-likeness (QED) is 0.866. The van der Waals surface area contributed by atoms with Crippen LogP contribution in [0, 0.1) is 5.92 Å². The maximum Gasteiger partial charge on any atom is 0.308 e. The summed E-state index contributed by atoms with van der Waals surface area (Å²) in [7, 11) is 1.44. The number of aromatic nitrogens is 2. The van der Waals surface area contributed by atoms with Crippen molar-refractivity contribution in [3.8, 4) is 0 Å². The van der Waals surface area contributed by atoms with Gasteiger partial charge < -0.3 is 10.1 Å². The van der Waals surface area contributed by atoms with E-state index in [9.17, 15) is 4.79 Å². The topological polar surface area (TPSA) is 64.1 Å². The summed E-state index contributed by atoms with van der Waals surface area (Å²) in [5.41, 5.74) is 0.854. The lowest BCUT2D eigenvalue weighted by Crippen LogP contribution is -2.30. The number of nitrogens with one attached hydrogen (secondary N) is 1. The number of esters is 1. The third-order valence-corrected chi connectivity index (χ3v) is 4.20. The van der Waals surface area contributed by atoms with Crippen LogP contribution in [0.15, 0.2) is 6.33 Å². The maximum atomic E-state index is 11.5. The van der Waals surface area contributed by atoms with Gasteiger partial charge in [0.2, 0.25) is 0 Å². The van der Waals surface area contributed by atoms with E-state index in [1.807, 2.05) is 6.92 Å². The zero-order valence-electron chi connectivity index (χ0n) is 11.9. The first kappa shape index (κ1) is 15.0. The minimum absolute atomic E-state index is 0.0325. The Balaban J connectivity index is 1.94. The van der Waals surface area contributed by atoms with Crippen molar-refractivity contribution in [2.24, 2.45) is 5.92 Å². The minimum Gasteiger partial charge on any atom is -0.469 e. The molecule has 1 heterocycles. The number of hydrogen-bond acceptors (Lipinski definition) is 5. The lowest BCUT2D eigenvalue weighted by Gasteiger charge is -2.28. The van der Waals surface area contributed by atoms with Crippen molar-refractivity contribution in [1.82, 2.24) is 9.97 Å². The molecule has 0 amide bonds. The van der Waals surface area contributed by atoms with Gasteiger partial charge in [-0.05, 0) is 32.1 Å². The van der Waals surface area contributed by atoms with Crippen LogP contribution in [0.1, 0.15) is 38.3 Å². The summed E-state index contributed by atoms with van der Waals surface area (Å²) in [4.78, 5) is 19.8. The van der Waals surface area contributed by atoms with E-state index in [-0.39, 0.29) is 11.9 Å². The first-order chi connectivity index (χ1) is 9.65. The molecular formula is C14H20ClN3O2. The van der Waals surface area contributed by atoms with Crippen LogP contribution < -0.4 is 5.32 Å². The summed E-state index contributed by atoms with van der Waals surface area (Å²) < 4.78 is 4.79. The van der Waals surface area contributed by atoms with E-state index < -0.39 is 0 Å². The van der Waals surface area contributed by atoms with Gasteiger partial charge in [0.15, 0.2) is 0 Å². The minimum atomic E-state index is -0.100. The first-order valence-corrected chi connectivity index (χ1v) is 7.37. The van der Waals surface area contributed by atoms with Crippen LogP contribution in [0.3, 0.4) is 0 Å². The summed E-state index contributed by atoms with van der Waals surface area (Å²) in [5.74, 6) is 0.627. The van der Waals surface area contributed by atoms with Gasteiger partial charge in [-0.1, -0.05) is 18.5 Å². The fraction of sp³-hybridized carbons (Fsp3) is 0.643. The Hall–Kier alpha value is -1.36. The lowest BCUT2D eigenvalue weighted by molar-refractivity contribution is -0.146. The average Bonchev–Trinajstić information content (AvgIpc) is 2.49. The second-order valence-corrected chi connectivity index (χ2v) is 5.43. The molecule has 1 aromatic rings. The molecule has 1 aromatic heterocycles. The van der Waals surface area contributed by atoms with Gasteiger partial charge in [0, 0.05) is 6.04 Å². The van der Waals surface area contributed by atoms with Crippen LogP contribution in [0.25, 0.3) is 0 Å². The number of carbonyl (C=O) groups is 1. The van der Waals surface area contributed by atoms with Crippen molar-refractivity contribution < 1.29 is 9.53 Å². The molecule has 0 unspecified atom stereocenters. The Morgan fingerprint density at radius 2 is 2.10 bits per heavy atom. The fourth-order valence-corrected chi connectivity index (χ4v) is 2.87. The van der Waals surface area contributed by atoms with Crippen molar-refractivity contribution in [3.63, 3.8) is 0 Å². The van der Waals surface area contributed by atoms with Crippen LogP contribution in [0.4, 0.5) is 5.82 Å². The molecule has 0 aliphatic heterocycles. The molecule has 6 heteroatoms. The molecule has 5 nitrogen and oxygen atoms in total. The number of anilines is 1. The van der Waals surface area contributed by atoms with Crippen molar-refractivity contribution in [2.75, 3.05) is 12.4 Å². The van der Waals surface area contributed by atoms with Crippen LogP contribution in [-0.2, 0) is 16.0 Å². The third kappa shape index (κ3) is 3.39. The lowest BCUT2D eigenvalue weighted by atomic mass is 9.86. The molecule has 110 valence electrons. The summed E-state index contributed by atoms with van der Waals surface area (Å²) in [6.07, 6.45) is 5.84. The predicted octanol–water partition coefficient (Wildman–Crippen LogP) is 2.84. The van der Waals surface area contributed by atoms with Gasteiger partial charge in [0.1, 0.15) is 17.2 Å². The Morgan fingerprint density at radius 1 is 1.40 bits per heavy atom. The summed E-state index contributed by atoms with van der Waals surface area (Å²) >= 11 is 6.27. The van der Waals surface area contributed by atoms with Gasteiger partial charge in [-0.25, -0.2) is 9.97 Å². The van der Waals surface area contributed by atoms with Gasteiger partial charge in [-0.2, -0.15) is 0 Å². The molecule has 1 fully saturated rings. The van der Waals surface area contributed by atoms with E-state index in [0.717, 1.165) is 37.8 Å². The molecule has 0 aromatic carbocycles. The molecular weight excluding hydrogens is 278 g/mol. The zero-order valence-corrected chi connectivity index (χ0v) is 12.6. The largest absolute Gasteiger partial charge is 0.469 e. The number of nitrogens with zero attached hydrogens (tertiary/aromatic N) is 2. The fourth-order valence-electron chi connectivity index (χ4n) is 2.59. The molecule has 0 radical (unpaired) electrons. The highest BCUT2D eigenvalue weighted by Crippen LogP contribution is 2.29. The summed E-state index contributed by atoms with van der Waals surface area (Å²) in [6, 6.07) is 0.299. The standard InChI is InChI=1S/C14H20ClN3O2/c1-3-11-12(15)13(17-8-16-11)18-10-6-4-9(5-7-10)14(19)20-2/h8-10H,3-7H2,1-2H3,(H,16,17,18)/t9-,10+. The first-order valence-electron chi connectivity index (χ1n) is 6.99. The van der Waals surface area contributed by atoms with Crippen molar-refractivity contribution in [2.45, 2.75) is 45.1 Å². The molecule has 0 saturated heterocycles. The number of hydrogen-bond donors (Lipinski definition) is 1. The highest BCUT2D eigenvalue weighted by molar-refractivity contribution is 6.33. The Bertz CT molecular complexity index is 473. The van der Waals surface area contributed by atoms with Gasteiger partial charge in [-0.3, -0.25) is 4.79 Å². The normalized spacial score (nSPS) is 22.4. The SMILES string of the molecule is CCc1ncnc(N[C@H]2CC[C@@H](C(=O)OC)CC2)c1Cl. The second-order valence-electron chi connectivity index (χ2n) is 5.05. The Morgan fingerprint density at radius 3 is 2.70 bits per heavy atom. The summed E-state index contributed by atoms with van der Waals surface area (Å²) in [5, 5.41) is 3.97. The number of rotatable bonds is 4. The smallest absolute Gasteiger partial charge is 0.308 e. The van der Waals surface area contributed by atoms with Crippen molar-refractivity contribution >= 4 is 23.4 Å². The van der Waals surface area contributed by atoms with Crippen LogP contribution in [0.2, 0.25) is 5.02 Å². The van der Waals surface area contributed by atoms with Gasteiger partial charge >= 0.3 is 5.97 Å². The van der Waals surface area contributed by atoms with E-state index in [4.69, 9.17) is 16.3 Å². The predicted molar refractivity (Wildman–Crippen MR) is 77.8 cm³/mol. The van der Waals surface area contributed by atoms with E-state index in [2.05, 4.69) is 15.3 Å². The maximum absolute atomic E-state index is 11.5. The molecule has 1 aliphatic carbocycles. The van der Waals surface area contributed by atoms with E-state index in [0.29, 0.717) is 16.9 Å². The van der Waals surface area contributed by atoms with Crippen LogP contribution in [-0.4, -0.2) is 29.1 Å². The number of methoxy groups -OCH3 is 1. The average molecular weight is 298 g/mol. The van der Waals surface area contributed by atoms with E-state index in [1.165, 1.54) is 13.4 Å². The van der Waals surface area contributed by atoms with Crippen molar-refractivity contribution in [1.29, 1.82) is 0 Å². The molecule has 1 N–H and O–H groups in total. The van der Waals surface area contributed by atoms with Gasteiger partial charge in [0.25, 0.3) is 0 Å². The molecule has 20 heavy (non-hydrogen) atoms. The monoisotopic (exact) mass is 297 g/mol. The molecule has 0 bridgehead atoms. The van der Waals surface area contributed by atoms with Gasteiger partial charge in [-0.15, -0.1) is 0 Å². The number of aryl methyl sites for hydroxylation is 1. The number of halogens is 1. The molecule has 1 saturated carbocycles. The van der Waals surface area contributed by atoms with Crippen LogP contribution in [0.5, 0.6) is 0 Å². The van der Waals surface area contributed by atoms with E-state index >= 15 is 0 Å². The van der Waals surface area contributed by atoms with E-state index in [1.54, 1.807) is 0 Å². The Kier molecular flexibility index (Phi) is 5.17. The Labute approximate surface area is 124 Å². The zero-order chi connectivity index (χ0) is 14.5. The summed E-state index contributed by atoms with van der Waals surface area (Å²) in [6.45, 7) is 2.01. The molecule has 2 rings (SSSR count). The third-order valence-electron chi connectivity index (χ3n) is 3.80.